The molecular formula is C21H27F6N3O4. The third-order valence-electron chi connectivity index (χ3n) is 5.14. The molecule has 1 aromatic rings. The van der Waals surface area contributed by atoms with Crippen LogP contribution in [-0.4, -0.2) is 62.6 Å². The monoisotopic (exact) mass is 499 g/mol. The number of aromatic nitrogens is 1. The number of amides is 1. The van der Waals surface area contributed by atoms with Gasteiger partial charge in [-0.3, -0.25) is 9.59 Å². The number of hydrogen-bond donors (Lipinski definition) is 1. The first kappa shape index (κ1) is 27.5. The lowest BCUT2D eigenvalue weighted by atomic mass is 10.0. The molecule has 1 N–H and O–H groups in total. The van der Waals surface area contributed by atoms with E-state index in [0.717, 1.165) is 25.1 Å². The van der Waals surface area contributed by atoms with Crippen molar-refractivity contribution in [3.8, 4) is 5.75 Å². The average molecular weight is 499 g/mol. The predicted octanol–water partition coefficient (Wildman–Crippen LogP) is 4.12. The van der Waals surface area contributed by atoms with Gasteiger partial charge in [-0.2, -0.15) is 26.3 Å². The number of methoxy groups -OCH3 is 1. The van der Waals surface area contributed by atoms with Crippen molar-refractivity contribution in [3.63, 3.8) is 0 Å². The zero-order valence-electron chi connectivity index (χ0n) is 18.8. The Morgan fingerprint density at radius 1 is 1.18 bits per heavy atom. The normalized spacial score (nSPS) is 14.9. The molecule has 192 valence electrons. The summed E-state index contributed by atoms with van der Waals surface area (Å²) in [6.07, 6.45) is -6.52. The molecule has 13 heteroatoms. The molecule has 1 unspecified atom stereocenters. The summed E-state index contributed by atoms with van der Waals surface area (Å²) >= 11 is 0. The van der Waals surface area contributed by atoms with Crippen LogP contribution in [0.5, 0.6) is 5.75 Å². The highest BCUT2D eigenvalue weighted by molar-refractivity contribution is 5.95. The van der Waals surface area contributed by atoms with Gasteiger partial charge in [0.25, 0.3) is 5.91 Å². The highest BCUT2D eigenvalue weighted by Crippen LogP contribution is 2.33. The number of carbonyl (C=O) groups is 2. The lowest BCUT2D eigenvalue weighted by Crippen LogP contribution is -2.40. The maximum absolute atomic E-state index is 12.9. The van der Waals surface area contributed by atoms with Crippen LogP contribution in [0.25, 0.3) is 0 Å². The van der Waals surface area contributed by atoms with Crippen molar-refractivity contribution in [2.75, 3.05) is 38.3 Å². The molecule has 0 aromatic carbocycles. The molecule has 0 bridgehead atoms. The molecule has 0 radical (unpaired) electrons. The second-order valence-corrected chi connectivity index (χ2v) is 8.05. The van der Waals surface area contributed by atoms with Crippen LogP contribution in [0.3, 0.4) is 0 Å². The maximum atomic E-state index is 12.9. The first-order valence-electron chi connectivity index (χ1n) is 10.7. The molecule has 1 aliphatic rings. The molecular weight excluding hydrogens is 472 g/mol. The van der Waals surface area contributed by atoms with Crippen LogP contribution in [0, 0.1) is 11.8 Å². The van der Waals surface area contributed by atoms with Crippen LogP contribution in [0.1, 0.15) is 43.1 Å². The number of carbonyl (C=O) groups excluding carboxylic acids is 2. The largest absolute Gasteiger partial charge is 0.491 e. The van der Waals surface area contributed by atoms with E-state index in [-0.39, 0.29) is 41.8 Å². The van der Waals surface area contributed by atoms with Crippen molar-refractivity contribution in [1.29, 1.82) is 0 Å². The topological polar surface area (TPSA) is 80.8 Å². The van der Waals surface area contributed by atoms with Gasteiger partial charge in [0.05, 0.1) is 31.5 Å². The van der Waals surface area contributed by atoms with Gasteiger partial charge in [0.2, 0.25) is 0 Å². The number of hydrogen-bond acceptors (Lipinski definition) is 6. The van der Waals surface area contributed by atoms with Crippen LogP contribution >= 0.6 is 0 Å². The van der Waals surface area contributed by atoms with Gasteiger partial charge >= 0.3 is 18.3 Å². The fourth-order valence-corrected chi connectivity index (χ4v) is 3.15. The average Bonchev–Trinajstić information content (AvgIpc) is 3.56. The molecule has 7 nitrogen and oxygen atoms in total. The third-order valence-corrected chi connectivity index (χ3v) is 5.14. The standard InChI is InChI=1S/C21H27F6N3O4/c1-3-14(19(32)33-2)6-7-28-18(31)17-16(34-10-13-4-5-13)8-15(9-29-17)30(11-20(22,23)24)12-21(25,26)27/h8-9,13-14H,3-7,10-12H2,1-2H3,(H,28,31). The number of nitrogens with zero attached hydrogens (tertiary/aromatic N) is 2. The smallest absolute Gasteiger partial charge is 0.405 e. The summed E-state index contributed by atoms with van der Waals surface area (Å²) in [5.41, 5.74) is -0.747. The summed E-state index contributed by atoms with van der Waals surface area (Å²) in [4.78, 5) is 28.2. The lowest BCUT2D eigenvalue weighted by Gasteiger charge is -2.27. The molecule has 1 aromatic heterocycles. The molecule has 1 heterocycles. The first-order valence-corrected chi connectivity index (χ1v) is 10.7. The zero-order valence-corrected chi connectivity index (χ0v) is 18.8. The Hall–Kier alpha value is -2.73. The Morgan fingerprint density at radius 3 is 2.29 bits per heavy atom. The van der Waals surface area contributed by atoms with Crippen LogP contribution in [-0.2, 0) is 9.53 Å². The molecule has 1 aliphatic carbocycles. The Bertz CT molecular complexity index is 827. The summed E-state index contributed by atoms with van der Waals surface area (Å²) in [5.74, 6) is -1.61. The summed E-state index contributed by atoms with van der Waals surface area (Å²) in [6.45, 7) is -1.70. The van der Waals surface area contributed by atoms with Crippen LogP contribution in [0.15, 0.2) is 12.3 Å². The van der Waals surface area contributed by atoms with Crippen LogP contribution in [0.2, 0.25) is 0 Å². The summed E-state index contributed by atoms with van der Waals surface area (Å²) in [6, 6.07) is 0.963. The summed E-state index contributed by atoms with van der Waals surface area (Å²) in [5, 5.41) is 2.55. The fraction of sp³-hybridized carbons (Fsp3) is 0.667. The van der Waals surface area contributed by atoms with Crippen molar-refractivity contribution < 1.29 is 45.4 Å². The maximum Gasteiger partial charge on any atom is 0.405 e. The highest BCUT2D eigenvalue weighted by atomic mass is 19.4. The minimum absolute atomic E-state index is 0.0756. The first-order chi connectivity index (χ1) is 15.8. The van der Waals surface area contributed by atoms with E-state index in [4.69, 9.17) is 4.74 Å². The predicted molar refractivity (Wildman–Crippen MR) is 110 cm³/mol. The van der Waals surface area contributed by atoms with Crippen molar-refractivity contribution in [2.45, 2.75) is 45.0 Å². The number of nitrogens with one attached hydrogen (secondary N) is 1. The van der Waals surface area contributed by atoms with Gasteiger partial charge in [0.1, 0.15) is 13.1 Å². The third kappa shape index (κ3) is 9.26. The molecule has 1 fully saturated rings. The zero-order chi connectivity index (χ0) is 25.5. The van der Waals surface area contributed by atoms with Crippen LogP contribution < -0.4 is 15.0 Å². The van der Waals surface area contributed by atoms with E-state index in [0.29, 0.717) is 6.42 Å². The molecule has 0 spiro atoms. The van der Waals surface area contributed by atoms with E-state index in [1.165, 1.54) is 7.11 Å². The minimum atomic E-state index is -4.90. The van der Waals surface area contributed by atoms with Crippen molar-refractivity contribution >= 4 is 17.6 Å². The van der Waals surface area contributed by atoms with E-state index in [9.17, 15) is 35.9 Å². The molecule has 1 saturated carbocycles. The Kier molecular flexibility index (Phi) is 9.39. The molecule has 0 saturated heterocycles. The van der Waals surface area contributed by atoms with Gasteiger partial charge in [0, 0.05) is 12.6 Å². The van der Waals surface area contributed by atoms with Crippen molar-refractivity contribution in [1.82, 2.24) is 10.3 Å². The van der Waals surface area contributed by atoms with Gasteiger partial charge in [0.15, 0.2) is 11.4 Å². The van der Waals surface area contributed by atoms with Gasteiger partial charge in [-0.1, -0.05) is 6.92 Å². The number of alkyl halides is 6. The van der Waals surface area contributed by atoms with E-state index in [1.54, 1.807) is 6.92 Å². The van der Waals surface area contributed by atoms with Gasteiger partial charge in [-0.25, -0.2) is 4.98 Å². The number of halogens is 6. The summed E-state index contributed by atoms with van der Waals surface area (Å²) < 4.78 is 87.6. The fourth-order valence-electron chi connectivity index (χ4n) is 3.15. The second-order valence-electron chi connectivity index (χ2n) is 8.05. The Labute approximate surface area is 192 Å². The quantitative estimate of drug-likeness (QED) is 0.344. The number of ether oxygens (including phenoxy) is 2. The number of esters is 1. The Balaban J connectivity index is 2.22. The molecule has 1 atom stereocenters. The van der Waals surface area contributed by atoms with Gasteiger partial charge in [-0.05, 0) is 31.6 Å². The summed E-state index contributed by atoms with van der Waals surface area (Å²) in [7, 11) is 1.25. The number of pyridine rings is 1. The molecule has 34 heavy (non-hydrogen) atoms. The van der Waals surface area contributed by atoms with E-state index < -0.39 is 48.9 Å². The van der Waals surface area contributed by atoms with Crippen LogP contribution in [0.4, 0.5) is 32.0 Å². The van der Waals surface area contributed by atoms with E-state index in [2.05, 4.69) is 15.0 Å². The highest BCUT2D eigenvalue weighted by Gasteiger charge is 2.38. The minimum Gasteiger partial charge on any atom is -0.491 e. The van der Waals surface area contributed by atoms with Gasteiger partial charge in [-0.15, -0.1) is 0 Å². The Morgan fingerprint density at radius 2 is 1.79 bits per heavy atom. The van der Waals surface area contributed by atoms with Crippen molar-refractivity contribution in [2.24, 2.45) is 11.8 Å². The molecule has 2 rings (SSSR count). The molecule has 1 amide bonds. The van der Waals surface area contributed by atoms with Gasteiger partial charge < -0.3 is 19.7 Å². The second kappa shape index (κ2) is 11.6. The van der Waals surface area contributed by atoms with Crippen molar-refractivity contribution in [3.05, 3.63) is 18.0 Å². The molecule has 0 aliphatic heterocycles. The SMILES string of the molecule is CCC(CCNC(=O)c1ncc(N(CC(F)(F)F)CC(F)(F)F)cc1OCC1CC1)C(=O)OC. The number of rotatable bonds is 12. The number of anilines is 1. The van der Waals surface area contributed by atoms with E-state index >= 15 is 0 Å². The lowest BCUT2D eigenvalue weighted by molar-refractivity contribution is -0.145. The van der Waals surface area contributed by atoms with E-state index in [1.807, 2.05) is 0 Å².